The zero-order valence-electron chi connectivity index (χ0n) is 9.22. The van der Waals surface area contributed by atoms with Crippen LogP contribution in [0.2, 0.25) is 10.0 Å². The lowest BCUT2D eigenvalue weighted by Gasteiger charge is -2.13. The van der Waals surface area contributed by atoms with E-state index >= 15 is 0 Å². The number of halogens is 2. The molecule has 88 valence electrons. The second-order valence-electron chi connectivity index (χ2n) is 3.96. The van der Waals surface area contributed by atoms with E-state index in [0.29, 0.717) is 22.7 Å². The molecular formula is C12H15Cl2NO. The summed E-state index contributed by atoms with van der Waals surface area (Å²) in [5.41, 5.74) is 1.03. The van der Waals surface area contributed by atoms with Gasteiger partial charge in [-0.05, 0) is 31.9 Å². The molecular weight excluding hydrogens is 245 g/mol. The van der Waals surface area contributed by atoms with Gasteiger partial charge in [0.05, 0.1) is 11.6 Å². The van der Waals surface area contributed by atoms with Crippen molar-refractivity contribution >= 4 is 23.2 Å². The molecule has 0 saturated heterocycles. The minimum atomic E-state index is 0.585. The quantitative estimate of drug-likeness (QED) is 0.872. The Kier molecular flexibility index (Phi) is 3.95. The lowest BCUT2D eigenvalue weighted by molar-refractivity contribution is 0.335. The number of rotatable bonds is 5. The maximum absolute atomic E-state index is 6.11. The summed E-state index contributed by atoms with van der Waals surface area (Å²) in [6, 6.07) is 4.29. The van der Waals surface area contributed by atoms with E-state index in [1.54, 1.807) is 6.07 Å². The molecule has 1 aromatic carbocycles. The third kappa shape index (κ3) is 3.03. The minimum absolute atomic E-state index is 0.585. The van der Waals surface area contributed by atoms with Crippen LogP contribution in [0.25, 0.3) is 0 Å². The highest BCUT2D eigenvalue weighted by Crippen LogP contribution is 2.33. The highest BCUT2D eigenvalue weighted by atomic mass is 35.5. The smallest absolute Gasteiger partial charge is 0.142 e. The van der Waals surface area contributed by atoms with Gasteiger partial charge in [-0.1, -0.05) is 23.2 Å². The topological polar surface area (TPSA) is 21.3 Å². The van der Waals surface area contributed by atoms with Gasteiger partial charge < -0.3 is 10.1 Å². The zero-order valence-corrected chi connectivity index (χ0v) is 10.7. The van der Waals surface area contributed by atoms with Crippen molar-refractivity contribution in [3.8, 4) is 5.75 Å². The molecule has 0 bridgehead atoms. The summed E-state index contributed by atoms with van der Waals surface area (Å²) in [4.78, 5) is 0. The molecule has 1 N–H and O–H groups in total. The molecule has 0 amide bonds. The first-order valence-electron chi connectivity index (χ1n) is 5.54. The van der Waals surface area contributed by atoms with Gasteiger partial charge in [-0.2, -0.15) is 0 Å². The molecule has 0 radical (unpaired) electrons. The largest absolute Gasteiger partial charge is 0.492 e. The van der Waals surface area contributed by atoms with Crippen LogP contribution in [0, 0.1) is 0 Å². The fourth-order valence-corrected chi connectivity index (χ4v) is 2.18. The molecule has 0 aromatic heterocycles. The fraction of sp³-hybridized carbons (Fsp3) is 0.500. The molecule has 4 heteroatoms. The summed E-state index contributed by atoms with van der Waals surface area (Å²) in [6.07, 6.45) is 2.52. The molecule has 16 heavy (non-hydrogen) atoms. The van der Waals surface area contributed by atoms with Crippen molar-refractivity contribution in [2.75, 3.05) is 6.61 Å². The van der Waals surface area contributed by atoms with Crippen LogP contribution in [-0.4, -0.2) is 12.6 Å². The van der Waals surface area contributed by atoms with E-state index < -0.39 is 0 Å². The third-order valence-corrected chi connectivity index (χ3v) is 3.03. The Morgan fingerprint density at radius 3 is 2.75 bits per heavy atom. The van der Waals surface area contributed by atoms with Crippen LogP contribution in [0.4, 0.5) is 0 Å². The number of nitrogens with one attached hydrogen (secondary N) is 1. The Morgan fingerprint density at radius 1 is 1.38 bits per heavy atom. The summed E-state index contributed by atoms with van der Waals surface area (Å²) in [5, 5.41) is 4.67. The minimum Gasteiger partial charge on any atom is -0.492 e. The fourth-order valence-electron chi connectivity index (χ4n) is 1.59. The van der Waals surface area contributed by atoms with Crippen LogP contribution in [0.5, 0.6) is 5.75 Å². The van der Waals surface area contributed by atoms with E-state index in [-0.39, 0.29) is 0 Å². The maximum atomic E-state index is 6.11. The van der Waals surface area contributed by atoms with Crippen LogP contribution in [-0.2, 0) is 6.54 Å². The molecule has 0 aliphatic heterocycles. The molecule has 1 saturated carbocycles. The van der Waals surface area contributed by atoms with Crippen molar-refractivity contribution < 1.29 is 4.74 Å². The Labute approximate surface area is 106 Å². The van der Waals surface area contributed by atoms with Crippen LogP contribution < -0.4 is 10.1 Å². The van der Waals surface area contributed by atoms with Crippen molar-refractivity contribution in [2.24, 2.45) is 0 Å². The standard InChI is InChI=1S/C12H15Cl2NO/c1-2-16-12-8(7-15-10-3-4-10)5-9(13)6-11(12)14/h5-6,10,15H,2-4,7H2,1H3. The van der Waals surface area contributed by atoms with Crippen molar-refractivity contribution in [3.63, 3.8) is 0 Å². The Bertz CT molecular complexity index is 378. The third-order valence-electron chi connectivity index (χ3n) is 2.53. The SMILES string of the molecule is CCOc1c(Cl)cc(Cl)cc1CNC1CC1. The number of hydrogen-bond acceptors (Lipinski definition) is 2. The molecule has 1 aliphatic carbocycles. The monoisotopic (exact) mass is 259 g/mol. The Balaban J connectivity index is 2.16. The first-order chi connectivity index (χ1) is 7.70. The van der Waals surface area contributed by atoms with Gasteiger partial charge >= 0.3 is 0 Å². The number of ether oxygens (including phenoxy) is 1. The van der Waals surface area contributed by atoms with Gasteiger partial charge in [-0.15, -0.1) is 0 Å². The van der Waals surface area contributed by atoms with Gasteiger partial charge in [0.15, 0.2) is 0 Å². The molecule has 1 aliphatic rings. The molecule has 1 fully saturated rings. The first-order valence-corrected chi connectivity index (χ1v) is 6.30. The Morgan fingerprint density at radius 2 is 2.12 bits per heavy atom. The van der Waals surface area contributed by atoms with Crippen molar-refractivity contribution in [1.29, 1.82) is 0 Å². The van der Waals surface area contributed by atoms with Crippen LogP contribution in [0.1, 0.15) is 25.3 Å². The predicted molar refractivity (Wildman–Crippen MR) is 67.5 cm³/mol. The Hall–Kier alpha value is -0.440. The van der Waals surface area contributed by atoms with E-state index in [1.807, 2.05) is 13.0 Å². The zero-order chi connectivity index (χ0) is 11.5. The van der Waals surface area contributed by atoms with Gasteiger partial charge in [0.25, 0.3) is 0 Å². The molecule has 0 spiro atoms. The van der Waals surface area contributed by atoms with Gasteiger partial charge in [-0.3, -0.25) is 0 Å². The second kappa shape index (κ2) is 5.26. The average Bonchev–Trinajstić information content (AvgIpc) is 3.03. The lowest BCUT2D eigenvalue weighted by atomic mass is 10.2. The van der Waals surface area contributed by atoms with E-state index in [1.165, 1.54) is 12.8 Å². The van der Waals surface area contributed by atoms with Crippen LogP contribution >= 0.6 is 23.2 Å². The molecule has 2 rings (SSSR count). The summed E-state index contributed by atoms with van der Waals surface area (Å²) >= 11 is 12.1. The van der Waals surface area contributed by atoms with Gasteiger partial charge in [-0.25, -0.2) is 0 Å². The van der Waals surface area contributed by atoms with Gasteiger partial charge in [0.1, 0.15) is 5.75 Å². The maximum Gasteiger partial charge on any atom is 0.142 e. The summed E-state index contributed by atoms with van der Waals surface area (Å²) in [6.45, 7) is 3.32. The summed E-state index contributed by atoms with van der Waals surface area (Å²) < 4.78 is 5.54. The summed E-state index contributed by atoms with van der Waals surface area (Å²) in [7, 11) is 0. The number of benzene rings is 1. The van der Waals surface area contributed by atoms with E-state index in [0.717, 1.165) is 17.9 Å². The van der Waals surface area contributed by atoms with Crippen LogP contribution in [0.3, 0.4) is 0 Å². The van der Waals surface area contributed by atoms with Crippen molar-refractivity contribution in [2.45, 2.75) is 32.4 Å². The van der Waals surface area contributed by atoms with E-state index in [4.69, 9.17) is 27.9 Å². The van der Waals surface area contributed by atoms with E-state index in [2.05, 4.69) is 5.32 Å². The van der Waals surface area contributed by atoms with Gasteiger partial charge in [0.2, 0.25) is 0 Å². The molecule has 2 nitrogen and oxygen atoms in total. The molecule has 1 aromatic rings. The lowest BCUT2D eigenvalue weighted by Crippen LogP contribution is -2.16. The number of hydrogen-bond donors (Lipinski definition) is 1. The molecule has 0 unspecified atom stereocenters. The molecule has 0 heterocycles. The highest BCUT2D eigenvalue weighted by Gasteiger charge is 2.21. The van der Waals surface area contributed by atoms with E-state index in [9.17, 15) is 0 Å². The van der Waals surface area contributed by atoms with Crippen molar-refractivity contribution in [3.05, 3.63) is 27.7 Å². The average molecular weight is 260 g/mol. The van der Waals surface area contributed by atoms with Crippen LogP contribution in [0.15, 0.2) is 12.1 Å². The molecule has 0 atom stereocenters. The van der Waals surface area contributed by atoms with Crippen molar-refractivity contribution in [1.82, 2.24) is 5.32 Å². The highest BCUT2D eigenvalue weighted by molar-refractivity contribution is 6.35. The summed E-state index contributed by atoms with van der Waals surface area (Å²) in [5.74, 6) is 0.752. The first kappa shape index (κ1) is 12.0. The normalized spacial score (nSPS) is 15.2. The second-order valence-corrected chi connectivity index (χ2v) is 4.81. The van der Waals surface area contributed by atoms with Gasteiger partial charge in [0, 0.05) is 23.2 Å². The predicted octanol–water partition coefficient (Wildman–Crippen LogP) is 3.64.